The van der Waals surface area contributed by atoms with Crippen LogP contribution >= 0.6 is 0 Å². The van der Waals surface area contributed by atoms with Crippen LogP contribution in [-0.2, 0) is 14.3 Å². The lowest BCUT2D eigenvalue weighted by molar-refractivity contribution is -0.108. The summed E-state index contributed by atoms with van der Waals surface area (Å²) in [6.45, 7) is 10.3. The van der Waals surface area contributed by atoms with E-state index in [2.05, 4.69) is 31.0 Å². The number of hydrogen-bond acceptors (Lipinski definition) is 7. The summed E-state index contributed by atoms with van der Waals surface area (Å²) < 4.78 is 8.12. The number of fused-ring (bicyclic) bond motifs is 1. The highest BCUT2D eigenvalue weighted by molar-refractivity contribution is 6.74. The summed E-state index contributed by atoms with van der Waals surface area (Å²) in [7, 11) is -1.45. The fraction of sp³-hybridized carbons (Fsp3) is 0.645. The Morgan fingerprint density at radius 1 is 0.837 bits per heavy atom. The molecular weight excluding hydrogens is 564 g/mol. The maximum absolute atomic E-state index is 10.9. The zero-order chi connectivity index (χ0) is 32.6. The molecule has 0 saturated heterocycles. The monoisotopic (exact) mass is 616 g/mol. The number of allylic oxidation sites excluding steroid dienone is 1. The van der Waals surface area contributed by atoms with Crippen molar-refractivity contribution < 1.29 is 24.2 Å². The van der Waals surface area contributed by atoms with E-state index >= 15 is 0 Å². The first-order valence-corrected chi connectivity index (χ1v) is 18.7. The average molecular weight is 617 g/mol. The second kappa shape index (κ2) is 30.0. The fourth-order valence-electron chi connectivity index (χ4n) is 3.65. The van der Waals surface area contributed by atoms with Gasteiger partial charge in [-0.1, -0.05) is 100 Å². The van der Waals surface area contributed by atoms with Crippen molar-refractivity contribution in [3.8, 4) is 0 Å². The van der Waals surface area contributed by atoms with Gasteiger partial charge in [0.05, 0.1) is 5.56 Å². The lowest BCUT2D eigenvalue weighted by atomic mass is 10.1. The number of carbonyl (C=O) groups excluding carboxylic acids is 3. The van der Waals surface area contributed by atoms with Crippen LogP contribution < -0.4 is 0 Å². The Labute approximate surface area is 258 Å². The Hall–Kier alpha value is -3.43. The molecule has 0 radical (unpaired) electrons. The molecule has 0 spiro atoms. The number of azide groups is 2. The minimum Gasteiger partial charge on any atom is -0.428 e. The molecule has 1 unspecified atom stereocenters. The number of carbonyl (C=O) groups is 3. The maximum atomic E-state index is 10.9. The minimum absolute atomic E-state index is 0.451. The van der Waals surface area contributed by atoms with E-state index in [1.165, 1.54) is 44.9 Å². The van der Waals surface area contributed by atoms with Crippen molar-refractivity contribution in [2.45, 2.75) is 122 Å². The van der Waals surface area contributed by atoms with Crippen LogP contribution in [0.15, 0.2) is 46.8 Å². The lowest BCUT2D eigenvalue weighted by Gasteiger charge is -2.01. The number of esters is 1. The summed E-state index contributed by atoms with van der Waals surface area (Å²) in [5.41, 5.74) is 16.9. The first kappa shape index (κ1) is 41.7. The highest BCUT2D eigenvalue weighted by Crippen LogP contribution is 2.27. The standard InChI is InChI=1S/C10H19N3O.C10H18O.C8H6O3.C3H9N3Si/c11-13-12-9-7-5-3-1-2-4-6-8-10-14;1-2-3-4-5-6-7-8-9-10-11;9-7-5-3-1-2-4-6(5)8(10)11-7;1-7(2,3)6-5-4/h10H,1-9H2;2,10H,1,3-9H2;1-4,7,9H;1-3H3. The van der Waals surface area contributed by atoms with Crippen LogP contribution in [0, 0.1) is 0 Å². The summed E-state index contributed by atoms with van der Waals surface area (Å²) in [5.74, 6) is -0.451. The van der Waals surface area contributed by atoms with Gasteiger partial charge < -0.3 is 19.4 Å². The molecule has 240 valence electrons. The van der Waals surface area contributed by atoms with Gasteiger partial charge in [0.1, 0.15) is 20.8 Å². The molecule has 0 fully saturated rings. The van der Waals surface area contributed by atoms with Crippen LogP contribution in [0.2, 0.25) is 19.6 Å². The molecule has 1 aromatic rings. The van der Waals surface area contributed by atoms with Crippen LogP contribution in [0.25, 0.3) is 20.9 Å². The fourth-order valence-corrected chi connectivity index (χ4v) is 3.91. The van der Waals surface area contributed by atoms with Gasteiger partial charge in [0.25, 0.3) is 0 Å². The molecule has 0 saturated carbocycles. The number of nitrogens with zero attached hydrogens (tertiary/aromatic N) is 6. The molecule has 11 nitrogen and oxygen atoms in total. The van der Waals surface area contributed by atoms with E-state index in [9.17, 15) is 14.4 Å². The molecule has 0 aromatic heterocycles. The average Bonchev–Trinajstić information content (AvgIpc) is 3.27. The summed E-state index contributed by atoms with van der Waals surface area (Å²) in [6.07, 6.45) is 19.5. The number of rotatable bonds is 19. The molecule has 1 aliphatic rings. The molecule has 0 aliphatic carbocycles. The highest BCUT2D eigenvalue weighted by Gasteiger charge is 2.28. The van der Waals surface area contributed by atoms with Gasteiger partial charge in [0, 0.05) is 29.9 Å². The predicted octanol–water partition coefficient (Wildman–Crippen LogP) is 9.70. The van der Waals surface area contributed by atoms with Gasteiger partial charge in [-0.25, -0.2) is 4.79 Å². The van der Waals surface area contributed by atoms with Crippen LogP contribution in [-0.4, -0.2) is 38.4 Å². The third kappa shape index (κ3) is 28.5. The van der Waals surface area contributed by atoms with Crippen LogP contribution in [0.5, 0.6) is 0 Å². The third-order valence-corrected chi connectivity index (χ3v) is 6.57. The molecule has 2 rings (SSSR count). The second-order valence-electron chi connectivity index (χ2n) is 10.9. The SMILES string of the molecule is C=CCCCCCCCC=O.C[Si](C)(C)N=[N+]=[N-].O=C1OC(O)c2ccccc21.[N-]=[N+]=NCCCCCCCCCC=O. The van der Waals surface area contributed by atoms with Crippen molar-refractivity contribution >= 4 is 26.8 Å². The van der Waals surface area contributed by atoms with Crippen molar-refractivity contribution in [2.75, 3.05) is 6.54 Å². The molecule has 1 heterocycles. The summed E-state index contributed by atoms with van der Waals surface area (Å²) >= 11 is 0. The molecule has 0 amide bonds. The van der Waals surface area contributed by atoms with Crippen molar-refractivity contribution in [3.05, 3.63) is 68.9 Å². The molecule has 12 heteroatoms. The molecule has 1 N–H and O–H groups in total. The number of aliphatic hydroxyl groups is 1. The van der Waals surface area contributed by atoms with E-state index in [1.807, 2.05) is 25.7 Å². The molecule has 1 atom stereocenters. The van der Waals surface area contributed by atoms with Gasteiger partial charge in [-0.2, -0.15) is 0 Å². The van der Waals surface area contributed by atoms with E-state index in [0.29, 0.717) is 24.1 Å². The van der Waals surface area contributed by atoms with Gasteiger partial charge in [0.15, 0.2) is 0 Å². The first-order chi connectivity index (χ1) is 20.7. The number of benzene rings is 1. The van der Waals surface area contributed by atoms with E-state index in [0.717, 1.165) is 57.5 Å². The number of hydrogen-bond donors (Lipinski definition) is 1. The van der Waals surface area contributed by atoms with E-state index in [-0.39, 0.29) is 0 Å². The van der Waals surface area contributed by atoms with Gasteiger partial charge in [0.2, 0.25) is 6.29 Å². The molecule has 43 heavy (non-hydrogen) atoms. The second-order valence-corrected chi connectivity index (χ2v) is 15.4. The smallest absolute Gasteiger partial charge is 0.341 e. The van der Waals surface area contributed by atoms with Crippen LogP contribution in [0.3, 0.4) is 0 Å². The van der Waals surface area contributed by atoms with E-state index < -0.39 is 20.5 Å². The quantitative estimate of drug-likeness (QED) is 0.0237. The first-order valence-electron chi connectivity index (χ1n) is 15.2. The Bertz CT molecular complexity index is 977. The molecular formula is C31H52N6O5Si. The Kier molecular flexibility index (Phi) is 29.1. The number of aldehydes is 2. The maximum Gasteiger partial charge on any atom is 0.341 e. The highest BCUT2D eigenvalue weighted by atomic mass is 28.3. The van der Waals surface area contributed by atoms with Crippen LogP contribution in [0.4, 0.5) is 0 Å². The molecule has 1 aliphatic heterocycles. The Morgan fingerprint density at radius 3 is 1.74 bits per heavy atom. The van der Waals surface area contributed by atoms with Crippen molar-refractivity contribution in [1.82, 2.24) is 0 Å². The zero-order valence-electron chi connectivity index (χ0n) is 26.4. The van der Waals surface area contributed by atoms with Crippen molar-refractivity contribution in [3.63, 3.8) is 0 Å². The molecule has 1 aromatic carbocycles. The summed E-state index contributed by atoms with van der Waals surface area (Å²) in [6, 6.07) is 6.79. The van der Waals surface area contributed by atoms with Crippen molar-refractivity contribution in [1.29, 1.82) is 0 Å². The van der Waals surface area contributed by atoms with Crippen molar-refractivity contribution in [2.24, 2.45) is 9.89 Å². The van der Waals surface area contributed by atoms with Crippen LogP contribution in [0.1, 0.15) is 119 Å². The number of cyclic esters (lactones) is 1. The summed E-state index contributed by atoms with van der Waals surface area (Å²) in [4.78, 5) is 36.2. The zero-order valence-corrected chi connectivity index (χ0v) is 27.4. The van der Waals surface area contributed by atoms with Gasteiger partial charge >= 0.3 is 5.97 Å². The van der Waals surface area contributed by atoms with Gasteiger partial charge in [-0.3, -0.25) is 0 Å². The number of ether oxygens (including phenoxy) is 1. The largest absolute Gasteiger partial charge is 0.428 e. The summed E-state index contributed by atoms with van der Waals surface area (Å²) in [5, 5.41) is 12.6. The topological polar surface area (TPSA) is 178 Å². The van der Waals surface area contributed by atoms with Gasteiger partial charge in [-0.05, 0) is 54.1 Å². The van der Waals surface area contributed by atoms with E-state index in [4.69, 9.17) is 16.2 Å². The molecule has 0 bridgehead atoms. The number of unbranched alkanes of at least 4 members (excludes halogenated alkanes) is 13. The normalized spacial score (nSPS) is 12.6. The Balaban J connectivity index is 0. The Morgan fingerprint density at radius 2 is 1.33 bits per heavy atom. The van der Waals surface area contributed by atoms with Gasteiger partial charge in [-0.15, -0.1) is 11.4 Å². The number of aliphatic hydroxyl groups excluding tert-OH is 1. The minimum atomic E-state index is -1.45. The third-order valence-electron chi connectivity index (χ3n) is 5.88. The predicted molar refractivity (Wildman–Crippen MR) is 175 cm³/mol. The van der Waals surface area contributed by atoms with E-state index in [1.54, 1.807) is 24.3 Å². The lowest BCUT2D eigenvalue weighted by Crippen LogP contribution is -2.13.